The Bertz CT molecular complexity index is 545. The number of carbonyl (C=O) groups excluding carboxylic acids is 1. The predicted octanol–water partition coefficient (Wildman–Crippen LogP) is 1.68. The van der Waals surface area contributed by atoms with Gasteiger partial charge in [-0.25, -0.2) is 0 Å². The third-order valence-corrected chi connectivity index (χ3v) is 2.87. The number of hydrogen-bond donors (Lipinski definition) is 1. The minimum Gasteiger partial charge on any atom is -0.414 e. The van der Waals surface area contributed by atoms with Crippen molar-refractivity contribution in [1.29, 1.82) is 0 Å². The summed E-state index contributed by atoms with van der Waals surface area (Å²) < 4.78 is 1.70. The molecule has 0 saturated carbocycles. The van der Waals surface area contributed by atoms with Crippen LogP contribution in [0, 0.1) is 0 Å². The van der Waals surface area contributed by atoms with Crippen LogP contribution >= 0.6 is 0 Å². The number of rotatable bonds is 4. The van der Waals surface area contributed by atoms with Crippen LogP contribution in [0.15, 0.2) is 30.5 Å². The van der Waals surface area contributed by atoms with Crippen molar-refractivity contribution in [1.82, 2.24) is 4.73 Å². The second-order valence-corrected chi connectivity index (χ2v) is 3.97. The smallest absolute Gasteiger partial charge is 0.224 e. The van der Waals surface area contributed by atoms with E-state index in [4.69, 9.17) is 10.6 Å². The van der Waals surface area contributed by atoms with Gasteiger partial charge in [0.1, 0.15) is 6.61 Å². The summed E-state index contributed by atoms with van der Waals surface area (Å²) in [5, 5.41) is 1.01. The number of primary amides is 1. The highest BCUT2D eigenvalue weighted by Crippen LogP contribution is 2.26. The van der Waals surface area contributed by atoms with Gasteiger partial charge in [0.25, 0.3) is 0 Å². The van der Waals surface area contributed by atoms with E-state index in [1.54, 1.807) is 11.7 Å². The van der Waals surface area contributed by atoms with Gasteiger partial charge >= 0.3 is 0 Å². The lowest BCUT2D eigenvalue weighted by Crippen LogP contribution is -2.18. The number of hydrogen-bond acceptors (Lipinski definition) is 2. The van der Waals surface area contributed by atoms with Gasteiger partial charge in [0.2, 0.25) is 5.91 Å². The quantitative estimate of drug-likeness (QED) is 0.871. The second kappa shape index (κ2) is 4.49. The molecule has 2 rings (SSSR count). The van der Waals surface area contributed by atoms with Crippen molar-refractivity contribution in [3.63, 3.8) is 0 Å². The highest BCUT2D eigenvalue weighted by Gasteiger charge is 2.18. The van der Waals surface area contributed by atoms with Crippen molar-refractivity contribution in [2.75, 3.05) is 6.61 Å². The maximum Gasteiger partial charge on any atom is 0.224 e. The number of para-hydroxylation sites is 1. The Kier molecular flexibility index (Phi) is 3.04. The molecule has 0 radical (unpaired) electrons. The number of fused-ring (bicyclic) bond motifs is 1. The first-order valence-electron chi connectivity index (χ1n) is 5.67. The highest BCUT2D eigenvalue weighted by atomic mass is 16.7. The summed E-state index contributed by atoms with van der Waals surface area (Å²) in [5.41, 5.74) is 7.21. The number of aromatic nitrogens is 1. The molecule has 2 aromatic rings. The molecule has 90 valence electrons. The standard InChI is InChI=1S/C13H16N2O2/c1-3-17-15-8-11(9(2)13(14)16)10-6-4-5-7-12(10)15/h4-9H,3H2,1-2H3,(H2,14,16). The third-order valence-electron chi connectivity index (χ3n) is 2.87. The molecule has 1 unspecified atom stereocenters. The average Bonchev–Trinajstić information content (AvgIpc) is 2.68. The Hall–Kier alpha value is -1.97. The summed E-state index contributed by atoms with van der Waals surface area (Å²) in [5.74, 6) is -0.647. The minimum atomic E-state index is -0.329. The van der Waals surface area contributed by atoms with Gasteiger partial charge in [-0.3, -0.25) is 4.79 Å². The Morgan fingerprint density at radius 2 is 2.18 bits per heavy atom. The number of nitrogens with two attached hydrogens (primary N) is 1. The van der Waals surface area contributed by atoms with Gasteiger partial charge < -0.3 is 10.6 Å². The van der Waals surface area contributed by atoms with Crippen molar-refractivity contribution < 1.29 is 9.63 Å². The Morgan fingerprint density at radius 3 is 2.82 bits per heavy atom. The number of benzene rings is 1. The van der Waals surface area contributed by atoms with Crippen molar-refractivity contribution in [3.8, 4) is 0 Å². The SMILES string of the molecule is CCOn1cc(C(C)C(N)=O)c2ccccc21. The average molecular weight is 232 g/mol. The maximum atomic E-state index is 11.3. The first kappa shape index (κ1) is 11.5. The summed E-state index contributed by atoms with van der Waals surface area (Å²) in [6.07, 6.45) is 1.84. The van der Waals surface area contributed by atoms with Crippen LogP contribution in [-0.4, -0.2) is 17.2 Å². The first-order chi connectivity index (χ1) is 8.15. The van der Waals surface area contributed by atoms with Gasteiger partial charge in [-0.1, -0.05) is 18.2 Å². The fraction of sp³-hybridized carbons (Fsp3) is 0.308. The van der Waals surface area contributed by atoms with E-state index in [9.17, 15) is 4.79 Å². The van der Waals surface area contributed by atoms with E-state index in [-0.39, 0.29) is 11.8 Å². The molecule has 1 aromatic carbocycles. The molecule has 4 heteroatoms. The summed E-state index contributed by atoms with van der Waals surface area (Å²) in [7, 11) is 0. The number of nitrogens with zero attached hydrogens (tertiary/aromatic N) is 1. The molecule has 4 nitrogen and oxygen atoms in total. The van der Waals surface area contributed by atoms with E-state index >= 15 is 0 Å². The molecular formula is C13H16N2O2. The fourth-order valence-electron chi connectivity index (χ4n) is 1.92. The van der Waals surface area contributed by atoms with Crippen molar-refractivity contribution in [3.05, 3.63) is 36.0 Å². The molecule has 0 aliphatic heterocycles. The normalized spacial score (nSPS) is 12.6. The predicted molar refractivity (Wildman–Crippen MR) is 66.7 cm³/mol. The molecule has 0 bridgehead atoms. The van der Waals surface area contributed by atoms with Gasteiger partial charge in [-0.2, -0.15) is 4.73 Å². The van der Waals surface area contributed by atoms with Crippen LogP contribution in [-0.2, 0) is 4.79 Å². The Labute approximate surface area is 99.9 Å². The van der Waals surface area contributed by atoms with Gasteiger partial charge in [0, 0.05) is 11.6 Å². The van der Waals surface area contributed by atoms with Gasteiger partial charge in [-0.15, -0.1) is 0 Å². The van der Waals surface area contributed by atoms with Crippen LogP contribution in [0.4, 0.5) is 0 Å². The fourth-order valence-corrected chi connectivity index (χ4v) is 1.92. The van der Waals surface area contributed by atoms with Crippen LogP contribution in [0.2, 0.25) is 0 Å². The molecule has 1 amide bonds. The lowest BCUT2D eigenvalue weighted by molar-refractivity contribution is -0.119. The summed E-state index contributed by atoms with van der Waals surface area (Å²) in [6, 6.07) is 7.81. The van der Waals surface area contributed by atoms with E-state index in [1.807, 2.05) is 37.4 Å². The molecule has 1 heterocycles. The second-order valence-electron chi connectivity index (χ2n) is 3.97. The monoisotopic (exact) mass is 232 g/mol. The van der Waals surface area contributed by atoms with Crippen LogP contribution in [0.5, 0.6) is 0 Å². The largest absolute Gasteiger partial charge is 0.414 e. The molecule has 0 aliphatic rings. The molecule has 2 N–H and O–H groups in total. The zero-order valence-corrected chi connectivity index (χ0v) is 10.0. The topological polar surface area (TPSA) is 57.2 Å². The van der Waals surface area contributed by atoms with Gasteiger partial charge in [-0.05, 0) is 25.5 Å². The molecule has 0 spiro atoms. The number of carbonyl (C=O) groups is 1. The molecule has 1 atom stereocenters. The maximum absolute atomic E-state index is 11.3. The molecule has 0 saturated heterocycles. The lowest BCUT2D eigenvalue weighted by Gasteiger charge is -2.05. The zero-order chi connectivity index (χ0) is 12.4. The van der Waals surface area contributed by atoms with E-state index in [0.29, 0.717) is 6.61 Å². The molecular weight excluding hydrogens is 216 g/mol. The van der Waals surface area contributed by atoms with Crippen molar-refractivity contribution in [2.45, 2.75) is 19.8 Å². The highest BCUT2D eigenvalue weighted by molar-refractivity contribution is 5.91. The summed E-state index contributed by atoms with van der Waals surface area (Å²) in [6.45, 7) is 4.30. The van der Waals surface area contributed by atoms with E-state index < -0.39 is 0 Å². The minimum absolute atomic E-state index is 0.318. The van der Waals surface area contributed by atoms with Crippen LogP contribution < -0.4 is 10.6 Å². The Balaban J connectivity index is 2.60. The molecule has 17 heavy (non-hydrogen) atoms. The van der Waals surface area contributed by atoms with E-state index in [0.717, 1.165) is 16.5 Å². The van der Waals surface area contributed by atoms with E-state index in [1.165, 1.54) is 0 Å². The van der Waals surface area contributed by atoms with Crippen molar-refractivity contribution >= 4 is 16.8 Å². The van der Waals surface area contributed by atoms with Crippen LogP contribution in [0.25, 0.3) is 10.9 Å². The lowest BCUT2D eigenvalue weighted by atomic mass is 10.0. The third kappa shape index (κ3) is 1.98. The van der Waals surface area contributed by atoms with Crippen LogP contribution in [0.1, 0.15) is 25.3 Å². The van der Waals surface area contributed by atoms with Crippen molar-refractivity contribution in [2.24, 2.45) is 5.73 Å². The number of amides is 1. The van der Waals surface area contributed by atoms with Gasteiger partial charge in [0.15, 0.2) is 0 Å². The molecule has 0 aliphatic carbocycles. The Morgan fingerprint density at radius 1 is 1.47 bits per heavy atom. The molecule has 0 fully saturated rings. The van der Waals surface area contributed by atoms with E-state index in [2.05, 4.69) is 0 Å². The first-order valence-corrected chi connectivity index (χ1v) is 5.67. The summed E-state index contributed by atoms with van der Waals surface area (Å²) >= 11 is 0. The summed E-state index contributed by atoms with van der Waals surface area (Å²) in [4.78, 5) is 16.8. The zero-order valence-electron chi connectivity index (χ0n) is 10.0. The van der Waals surface area contributed by atoms with Crippen LogP contribution in [0.3, 0.4) is 0 Å². The molecule has 1 aromatic heterocycles. The van der Waals surface area contributed by atoms with Gasteiger partial charge in [0.05, 0.1) is 11.4 Å².